The van der Waals surface area contributed by atoms with E-state index in [1.54, 1.807) is 0 Å². The average molecular weight is 182 g/mol. The first kappa shape index (κ1) is 9.47. The number of nitrogens with one attached hydrogen (secondary N) is 2. The normalized spacial score (nSPS) is 34.2. The molecule has 1 atom stereocenters. The van der Waals surface area contributed by atoms with Crippen molar-refractivity contribution in [2.24, 2.45) is 5.41 Å². The largest absolute Gasteiger partial charge is 0.314 e. The zero-order chi connectivity index (χ0) is 9.31. The summed E-state index contributed by atoms with van der Waals surface area (Å²) in [5.41, 5.74) is 0.522. The van der Waals surface area contributed by atoms with Gasteiger partial charge in [0.05, 0.1) is 0 Å². The molecule has 1 saturated carbocycles. The second kappa shape index (κ2) is 3.58. The molecule has 1 aliphatic carbocycles. The molecule has 0 amide bonds. The zero-order valence-electron chi connectivity index (χ0n) is 8.90. The molecule has 1 heterocycles. The van der Waals surface area contributed by atoms with Gasteiger partial charge in [0.25, 0.3) is 0 Å². The molecule has 0 radical (unpaired) electrons. The minimum Gasteiger partial charge on any atom is -0.314 e. The molecule has 1 aliphatic heterocycles. The molecule has 0 aromatic heterocycles. The smallest absolute Gasteiger partial charge is 0.0320 e. The SMILES string of the molecule is CC1(C)CCCCC1NC1CNC1. The lowest BCUT2D eigenvalue weighted by Crippen LogP contribution is -2.60. The van der Waals surface area contributed by atoms with E-state index in [1.165, 1.54) is 38.8 Å². The van der Waals surface area contributed by atoms with Gasteiger partial charge in [0.15, 0.2) is 0 Å². The van der Waals surface area contributed by atoms with E-state index in [4.69, 9.17) is 0 Å². The Hall–Kier alpha value is -0.0800. The van der Waals surface area contributed by atoms with Crippen molar-refractivity contribution in [3.05, 3.63) is 0 Å². The van der Waals surface area contributed by atoms with Crippen LogP contribution in [-0.2, 0) is 0 Å². The molecule has 0 aromatic carbocycles. The van der Waals surface area contributed by atoms with Gasteiger partial charge in [-0.05, 0) is 18.3 Å². The molecular formula is C11H22N2. The van der Waals surface area contributed by atoms with Crippen LogP contribution in [0.5, 0.6) is 0 Å². The Morgan fingerprint density at radius 1 is 1.23 bits per heavy atom. The van der Waals surface area contributed by atoms with E-state index in [1.807, 2.05) is 0 Å². The summed E-state index contributed by atoms with van der Waals surface area (Å²) < 4.78 is 0. The van der Waals surface area contributed by atoms with Gasteiger partial charge >= 0.3 is 0 Å². The third-order valence-electron chi connectivity index (χ3n) is 3.73. The van der Waals surface area contributed by atoms with Crippen LogP contribution in [0.4, 0.5) is 0 Å². The molecule has 0 spiro atoms. The van der Waals surface area contributed by atoms with Crippen LogP contribution < -0.4 is 10.6 Å². The molecule has 2 rings (SSSR count). The first-order chi connectivity index (χ1) is 6.18. The number of hydrogen-bond acceptors (Lipinski definition) is 2. The fraction of sp³-hybridized carbons (Fsp3) is 1.00. The standard InChI is InChI=1S/C11H22N2/c1-11(2)6-4-3-5-10(11)13-9-7-12-8-9/h9-10,12-13H,3-8H2,1-2H3. The highest BCUT2D eigenvalue weighted by Crippen LogP contribution is 2.35. The van der Waals surface area contributed by atoms with E-state index in [9.17, 15) is 0 Å². The van der Waals surface area contributed by atoms with Gasteiger partial charge in [0.2, 0.25) is 0 Å². The predicted octanol–water partition coefficient (Wildman–Crippen LogP) is 1.52. The van der Waals surface area contributed by atoms with Crippen LogP contribution in [0.1, 0.15) is 39.5 Å². The van der Waals surface area contributed by atoms with Crippen LogP contribution in [0.15, 0.2) is 0 Å². The van der Waals surface area contributed by atoms with E-state index in [0.717, 1.165) is 12.1 Å². The molecule has 76 valence electrons. The molecular weight excluding hydrogens is 160 g/mol. The summed E-state index contributed by atoms with van der Waals surface area (Å²) in [7, 11) is 0. The lowest BCUT2D eigenvalue weighted by molar-refractivity contribution is 0.143. The van der Waals surface area contributed by atoms with Crippen LogP contribution in [0.25, 0.3) is 0 Å². The average Bonchev–Trinajstić information content (AvgIpc) is 1.98. The van der Waals surface area contributed by atoms with E-state index in [-0.39, 0.29) is 0 Å². The predicted molar refractivity (Wildman–Crippen MR) is 55.8 cm³/mol. The summed E-state index contributed by atoms with van der Waals surface area (Å²) in [5, 5.41) is 7.10. The lowest BCUT2D eigenvalue weighted by Gasteiger charge is -2.43. The van der Waals surface area contributed by atoms with Crippen LogP contribution in [-0.4, -0.2) is 25.2 Å². The maximum Gasteiger partial charge on any atom is 0.0320 e. The summed E-state index contributed by atoms with van der Waals surface area (Å²) >= 11 is 0. The van der Waals surface area contributed by atoms with Gasteiger partial charge in [-0.1, -0.05) is 26.7 Å². The number of hydrogen-bond donors (Lipinski definition) is 2. The maximum atomic E-state index is 3.78. The molecule has 0 aromatic rings. The highest BCUT2D eigenvalue weighted by Gasteiger charge is 2.34. The van der Waals surface area contributed by atoms with Gasteiger partial charge in [-0.15, -0.1) is 0 Å². The number of rotatable bonds is 2. The molecule has 13 heavy (non-hydrogen) atoms. The fourth-order valence-electron chi connectivity index (χ4n) is 2.49. The van der Waals surface area contributed by atoms with Crippen molar-refractivity contribution in [2.75, 3.05) is 13.1 Å². The molecule has 0 bridgehead atoms. The van der Waals surface area contributed by atoms with Gasteiger partial charge in [-0.25, -0.2) is 0 Å². The first-order valence-electron chi connectivity index (χ1n) is 5.65. The minimum atomic E-state index is 0.522. The van der Waals surface area contributed by atoms with Gasteiger partial charge in [-0.3, -0.25) is 0 Å². The molecule has 2 N–H and O–H groups in total. The lowest BCUT2D eigenvalue weighted by atomic mass is 9.73. The molecule has 1 saturated heterocycles. The highest BCUT2D eigenvalue weighted by atomic mass is 15.1. The zero-order valence-corrected chi connectivity index (χ0v) is 8.90. The van der Waals surface area contributed by atoms with Crippen molar-refractivity contribution in [3.8, 4) is 0 Å². The van der Waals surface area contributed by atoms with E-state index >= 15 is 0 Å². The summed E-state index contributed by atoms with van der Waals surface area (Å²) in [6, 6.07) is 1.51. The van der Waals surface area contributed by atoms with Crippen LogP contribution in [0.2, 0.25) is 0 Å². The Balaban J connectivity index is 1.87. The van der Waals surface area contributed by atoms with Crippen LogP contribution >= 0.6 is 0 Å². The summed E-state index contributed by atoms with van der Waals surface area (Å²) in [5.74, 6) is 0. The van der Waals surface area contributed by atoms with Crippen molar-refractivity contribution >= 4 is 0 Å². The minimum absolute atomic E-state index is 0.522. The van der Waals surface area contributed by atoms with Gasteiger partial charge in [0.1, 0.15) is 0 Å². The Morgan fingerprint density at radius 3 is 2.54 bits per heavy atom. The monoisotopic (exact) mass is 182 g/mol. The molecule has 2 aliphatic rings. The summed E-state index contributed by atoms with van der Waals surface area (Å²) in [6.07, 6.45) is 5.61. The van der Waals surface area contributed by atoms with E-state index < -0.39 is 0 Å². The fourth-order valence-corrected chi connectivity index (χ4v) is 2.49. The first-order valence-corrected chi connectivity index (χ1v) is 5.65. The van der Waals surface area contributed by atoms with Crippen molar-refractivity contribution in [3.63, 3.8) is 0 Å². The Kier molecular flexibility index (Phi) is 2.61. The molecule has 2 heteroatoms. The second-order valence-electron chi connectivity index (χ2n) is 5.31. The van der Waals surface area contributed by atoms with Crippen molar-refractivity contribution in [1.29, 1.82) is 0 Å². The van der Waals surface area contributed by atoms with Crippen LogP contribution in [0, 0.1) is 5.41 Å². The Bertz CT molecular complexity index is 173. The van der Waals surface area contributed by atoms with Crippen molar-refractivity contribution in [1.82, 2.24) is 10.6 Å². The second-order valence-corrected chi connectivity index (χ2v) is 5.31. The third kappa shape index (κ3) is 2.05. The Morgan fingerprint density at radius 2 is 2.00 bits per heavy atom. The topological polar surface area (TPSA) is 24.1 Å². The molecule has 1 unspecified atom stereocenters. The Labute approximate surface area is 81.5 Å². The van der Waals surface area contributed by atoms with Crippen molar-refractivity contribution in [2.45, 2.75) is 51.6 Å². The highest BCUT2D eigenvalue weighted by molar-refractivity contribution is 4.93. The van der Waals surface area contributed by atoms with Gasteiger partial charge in [0, 0.05) is 25.2 Å². The quantitative estimate of drug-likeness (QED) is 0.676. The van der Waals surface area contributed by atoms with Gasteiger partial charge < -0.3 is 10.6 Å². The van der Waals surface area contributed by atoms with Crippen molar-refractivity contribution < 1.29 is 0 Å². The molecule has 2 nitrogen and oxygen atoms in total. The van der Waals surface area contributed by atoms with E-state index in [0.29, 0.717) is 5.41 Å². The summed E-state index contributed by atoms with van der Waals surface area (Å²) in [6.45, 7) is 7.17. The summed E-state index contributed by atoms with van der Waals surface area (Å²) in [4.78, 5) is 0. The molecule has 2 fully saturated rings. The van der Waals surface area contributed by atoms with Gasteiger partial charge in [-0.2, -0.15) is 0 Å². The third-order valence-corrected chi connectivity index (χ3v) is 3.73. The van der Waals surface area contributed by atoms with Crippen LogP contribution in [0.3, 0.4) is 0 Å². The van der Waals surface area contributed by atoms with E-state index in [2.05, 4.69) is 24.5 Å². The maximum absolute atomic E-state index is 3.78.